The van der Waals surface area contributed by atoms with Crippen molar-refractivity contribution >= 4 is 15.7 Å². The standard InChI is InChI=1S/C15H21NO3S/c1-3-14(12-6-4-11(2)5-7-12)16-15(17)13-8-9-20(18,19)10-13/h4-7,13-14H,3,8-10H2,1-2H3,(H,16,17). The van der Waals surface area contributed by atoms with E-state index in [0.29, 0.717) is 6.42 Å². The first-order chi connectivity index (χ1) is 9.41. The van der Waals surface area contributed by atoms with Crippen molar-refractivity contribution in [3.8, 4) is 0 Å². The molecule has 1 aliphatic heterocycles. The molecule has 110 valence electrons. The Hall–Kier alpha value is -1.36. The monoisotopic (exact) mass is 295 g/mol. The van der Waals surface area contributed by atoms with Gasteiger partial charge in [-0.25, -0.2) is 8.42 Å². The van der Waals surface area contributed by atoms with Crippen molar-refractivity contribution in [2.24, 2.45) is 5.92 Å². The SMILES string of the molecule is CCC(NC(=O)C1CCS(=O)(=O)C1)c1ccc(C)cc1. The third-order valence-corrected chi connectivity index (χ3v) is 5.58. The number of aryl methyl sites for hydroxylation is 1. The molecule has 1 N–H and O–H groups in total. The lowest BCUT2D eigenvalue weighted by atomic mass is 10.0. The topological polar surface area (TPSA) is 63.2 Å². The zero-order chi connectivity index (χ0) is 14.8. The number of amides is 1. The van der Waals surface area contributed by atoms with Crippen LogP contribution in [0.5, 0.6) is 0 Å². The minimum absolute atomic E-state index is 0.0107. The molecule has 0 spiro atoms. The summed E-state index contributed by atoms with van der Waals surface area (Å²) in [5, 5.41) is 2.98. The van der Waals surface area contributed by atoms with Crippen LogP contribution in [0.15, 0.2) is 24.3 Å². The van der Waals surface area contributed by atoms with Crippen molar-refractivity contribution in [3.63, 3.8) is 0 Å². The maximum Gasteiger partial charge on any atom is 0.224 e. The zero-order valence-electron chi connectivity index (χ0n) is 11.9. The van der Waals surface area contributed by atoms with Crippen LogP contribution >= 0.6 is 0 Å². The Labute approximate surface area is 120 Å². The molecule has 0 radical (unpaired) electrons. The van der Waals surface area contributed by atoms with Gasteiger partial charge in [0, 0.05) is 0 Å². The minimum Gasteiger partial charge on any atom is -0.349 e. The number of sulfone groups is 1. The van der Waals surface area contributed by atoms with Crippen molar-refractivity contribution < 1.29 is 13.2 Å². The maximum absolute atomic E-state index is 12.2. The molecule has 1 heterocycles. The predicted octanol–water partition coefficient (Wildman–Crippen LogP) is 2.00. The second-order valence-electron chi connectivity index (χ2n) is 5.48. The maximum atomic E-state index is 12.2. The fourth-order valence-electron chi connectivity index (χ4n) is 2.51. The summed E-state index contributed by atoms with van der Waals surface area (Å²) >= 11 is 0. The van der Waals surface area contributed by atoms with E-state index in [1.807, 2.05) is 38.1 Å². The first-order valence-electron chi connectivity index (χ1n) is 6.98. The van der Waals surface area contributed by atoms with Crippen LogP contribution in [0.3, 0.4) is 0 Å². The van der Waals surface area contributed by atoms with Gasteiger partial charge < -0.3 is 5.32 Å². The Morgan fingerprint density at radius 2 is 2.00 bits per heavy atom. The van der Waals surface area contributed by atoms with Gasteiger partial charge in [0.1, 0.15) is 0 Å². The number of hydrogen-bond acceptors (Lipinski definition) is 3. The highest BCUT2D eigenvalue weighted by molar-refractivity contribution is 7.91. The molecule has 5 heteroatoms. The molecule has 1 fully saturated rings. The first kappa shape index (κ1) is 15.0. The third kappa shape index (κ3) is 3.60. The van der Waals surface area contributed by atoms with Gasteiger partial charge in [-0.3, -0.25) is 4.79 Å². The van der Waals surface area contributed by atoms with E-state index < -0.39 is 9.84 Å². The van der Waals surface area contributed by atoms with Crippen LogP contribution in [-0.4, -0.2) is 25.8 Å². The number of benzene rings is 1. The molecule has 2 rings (SSSR count). The van der Waals surface area contributed by atoms with Crippen LogP contribution in [0.4, 0.5) is 0 Å². The zero-order valence-corrected chi connectivity index (χ0v) is 12.7. The summed E-state index contributed by atoms with van der Waals surface area (Å²) in [7, 11) is -3.01. The molecule has 0 aliphatic carbocycles. The Morgan fingerprint density at radius 1 is 1.35 bits per heavy atom. The number of carbonyl (C=O) groups is 1. The summed E-state index contributed by atoms with van der Waals surface area (Å²) in [5.74, 6) is -0.409. The van der Waals surface area contributed by atoms with Gasteiger partial charge in [-0.1, -0.05) is 36.8 Å². The van der Waals surface area contributed by atoms with E-state index >= 15 is 0 Å². The second kappa shape index (κ2) is 5.95. The Kier molecular flexibility index (Phi) is 4.48. The number of nitrogens with one attached hydrogen (secondary N) is 1. The molecule has 1 aliphatic rings. The predicted molar refractivity (Wildman–Crippen MR) is 79.1 cm³/mol. The molecule has 0 saturated carbocycles. The molecule has 1 amide bonds. The summed E-state index contributed by atoms with van der Waals surface area (Å²) < 4.78 is 22.9. The van der Waals surface area contributed by atoms with Crippen LogP contribution in [-0.2, 0) is 14.6 Å². The molecular formula is C15H21NO3S. The molecule has 2 unspecified atom stereocenters. The van der Waals surface area contributed by atoms with E-state index in [-0.39, 0.29) is 29.4 Å². The Morgan fingerprint density at radius 3 is 2.50 bits per heavy atom. The average Bonchev–Trinajstić information content (AvgIpc) is 2.77. The summed E-state index contributed by atoms with van der Waals surface area (Å²) in [6, 6.07) is 8.00. The van der Waals surface area contributed by atoms with E-state index in [2.05, 4.69) is 5.32 Å². The third-order valence-electron chi connectivity index (χ3n) is 3.81. The van der Waals surface area contributed by atoms with Gasteiger partial charge >= 0.3 is 0 Å². The molecule has 20 heavy (non-hydrogen) atoms. The molecule has 0 bridgehead atoms. The fraction of sp³-hybridized carbons (Fsp3) is 0.533. The van der Waals surface area contributed by atoms with Gasteiger partial charge in [0.15, 0.2) is 9.84 Å². The number of rotatable bonds is 4. The Bertz CT molecular complexity index is 578. The normalized spacial score (nSPS) is 22.4. The summed E-state index contributed by atoms with van der Waals surface area (Å²) in [5.41, 5.74) is 2.24. The van der Waals surface area contributed by atoms with E-state index in [0.717, 1.165) is 12.0 Å². The van der Waals surface area contributed by atoms with Gasteiger partial charge in [-0.15, -0.1) is 0 Å². The quantitative estimate of drug-likeness (QED) is 0.924. The Balaban J connectivity index is 2.03. The van der Waals surface area contributed by atoms with Crippen LogP contribution < -0.4 is 5.32 Å². The lowest BCUT2D eigenvalue weighted by molar-refractivity contribution is -0.125. The van der Waals surface area contributed by atoms with Gasteiger partial charge in [-0.2, -0.15) is 0 Å². The summed E-state index contributed by atoms with van der Waals surface area (Å²) in [6.45, 7) is 4.03. The lowest BCUT2D eigenvalue weighted by Crippen LogP contribution is -2.34. The van der Waals surface area contributed by atoms with Crippen LogP contribution in [0, 0.1) is 12.8 Å². The molecule has 4 nitrogen and oxygen atoms in total. The molecule has 0 aromatic heterocycles. The van der Waals surface area contributed by atoms with E-state index in [4.69, 9.17) is 0 Å². The van der Waals surface area contributed by atoms with Crippen molar-refractivity contribution in [1.82, 2.24) is 5.32 Å². The van der Waals surface area contributed by atoms with Crippen molar-refractivity contribution in [2.45, 2.75) is 32.7 Å². The van der Waals surface area contributed by atoms with E-state index in [1.165, 1.54) is 5.56 Å². The fourth-order valence-corrected chi connectivity index (χ4v) is 4.25. The molecule has 1 aromatic carbocycles. The van der Waals surface area contributed by atoms with Crippen molar-refractivity contribution in [2.75, 3.05) is 11.5 Å². The smallest absolute Gasteiger partial charge is 0.224 e. The number of hydrogen-bond donors (Lipinski definition) is 1. The first-order valence-corrected chi connectivity index (χ1v) is 8.81. The molecule has 1 aromatic rings. The van der Waals surface area contributed by atoms with Gasteiger partial charge in [-0.05, 0) is 25.3 Å². The van der Waals surface area contributed by atoms with E-state index in [1.54, 1.807) is 0 Å². The van der Waals surface area contributed by atoms with E-state index in [9.17, 15) is 13.2 Å². The lowest BCUT2D eigenvalue weighted by Gasteiger charge is -2.19. The van der Waals surface area contributed by atoms with Gasteiger partial charge in [0.25, 0.3) is 0 Å². The highest BCUT2D eigenvalue weighted by Crippen LogP contribution is 2.22. The molecular weight excluding hydrogens is 274 g/mol. The summed E-state index contributed by atoms with van der Waals surface area (Å²) in [6.07, 6.45) is 1.23. The largest absolute Gasteiger partial charge is 0.349 e. The van der Waals surface area contributed by atoms with Gasteiger partial charge in [0.05, 0.1) is 23.5 Å². The van der Waals surface area contributed by atoms with Crippen molar-refractivity contribution in [1.29, 1.82) is 0 Å². The average molecular weight is 295 g/mol. The van der Waals surface area contributed by atoms with Crippen molar-refractivity contribution in [3.05, 3.63) is 35.4 Å². The summed E-state index contributed by atoms with van der Waals surface area (Å²) in [4.78, 5) is 12.2. The minimum atomic E-state index is -3.01. The highest BCUT2D eigenvalue weighted by atomic mass is 32.2. The highest BCUT2D eigenvalue weighted by Gasteiger charge is 2.33. The molecule has 1 saturated heterocycles. The van der Waals surface area contributed by atoms with Crippen LogP contribution in [0.25, 0.3) is 0 Å². The van der Waals surface area contributed by atoms with Crippen LogP contribution in [0.1, 0.15) is 36.9 Å². The second-order valence-corrected chi connectivity index (χ2v) is 7.71. The van der Waals surface area contributed by atoms with Gasteiger partial charge in [0.2, 0.25) is 5.91 Å². The molecule has 2 atom stereocenters. The number of carbonyl (C=O) groups excluding carboxylic acids is 1. The van der Waals surface area contributed by atoms with Crippen LogP contribution in [0.2, 0.25) is 0 Å².